The number of benzene rings is 1. The Balaban J connectivity index is 1.55. The van der Waals surface area contributed by atoms with Gasteiger partial charge in [-0.15, -0.1) is 0 Å². The van der Waals surface area contributed by atoms with Gasteiger partial charge in [-0.05, 0) is 43.2 Å². The number of urea groups is 1. The lowest BCUT2D eigenvalue weighted by molar-refractivity contribution is -0.121. The van der Waals surface area contributed by atoms with E-state index < -0.39 is 11.9 Å². The number of amides is 3. The fourth-order valence-electron chi connectivity index (χ4n) is 3.24. The van der Waals surface area contributed by atoms with Gasteiger partial charge in [-0.2, -0.15) is 14.9 Å². The lowest BCUT2D eigenvalue weighted by Crippen LogP contribution is -2.25. The minimum absolute atomic E-state index is 0.173. The number of anilines is 3. The molecule has 2 fully saturated rings. The summed E-state index contributed by atoms with van der Waals surface area (Å²) in [7, 11) is 1.42. The molecule has 1 saturated carbocycles. The molecule has 1 aliphatic heterocycles. The number of hydrogen-bond donors (Lipinski definition) is 3. The monoisotopic (exact) mass is 414 g/mol. The van der Waals surface area contributed by atoms with E-state index in [1.165, 1.54) is 7.05 Å². The number of aromatic nitrogens is 3. The van der Waals surface area contributed by atoms with E-state index in [2.05, 4.69) is 32.1 Å². The van der Waals surface area contributed by atoms with E-state index in [-0.39, 0.29) is 5.70 Å². The smallest absolute Gasteiger partial charge is 0.328 e. The van der Waals surface area contributed by atoms with E-state index in [1.54, 1.807) is 41.1 Å². The molecule has 2 aliphatic rings. The molecule has 10 heteroatoms. The number of hydrogen-bond acceptors (Lipinski definition) is 7. The van der Waals surface area contributed by atoms with Crippen molar-refractivity contribution in [2.24, 2.45) is 0 Å². The maximum Gasteiger partial charge on any atom is 0.328 e. The molecule has 5 rings (SSSR count). The second-order valence-corrected chi connectivity index (χ2v) is 7.45. The molecular formula is C21H18N8O2. The van der Waals surface area contributed by atoms with Crippen molar-refractivity contribution < 1.29 is 9.59 Å². The van der Waals surface area contributed by atoms with E-state index in [4.69, 9.17) is 5.26 Å². The molecule has 3 amide bonds. The molecule has 3 aromatic rings. The van der Waals surface area contributed by atoms with Crippen molar-refractivity contribution in [2.75, 3.05) is 17.7 Å². The first-order valence-corrected chi connectivity index (χ1v) is 9.75. The predicted octanol–water partition coefficient (Wildman–Crippen LogP) is 2.44. The average molecular weight is 414 g/mol. The third kappa shape index (κ3) is 3.53. The molecule has 10 nitrogen and oxygen atoms in total. The maximum atomic E-state index is 12.2. The van der Waals surface area contributed by atoms with Gasteiger partial charge in [0.15, 0.2) is 5.65 Å². The molecule has 0 atom stereocenters. The first kappa shape index (κ1) is 18.6. The number of carbonyl (C=O) groups excluding carboxylic acids is 2. The summed E-state index contributed by atoms with van der Waals surface area (Å²) in [6.45, 7) is 0. The Kier molecular flexibility index (Phi) is 4.29. The molecular weight excluding hydrogens is 396 g/mol. The maximum absolute atomic E-state index is 12.2. The number of likely N-dealkylation sites (N-methyl/N-ethyl adjacent to an activating group) is 1. The van der Waals surface area contributed by atoms with Crippen molar-refractivity contribution in [1.29, 1.82) is 5.26 Å². The van der Waals surface area contributed by atoms with E-state index >= 15 is 0 Å². The highest BCUT2D eigenvalue weighted by Gasteiger charge is 2.30. The first-order valence-electron chi connectivity index (χ1n) is 9.75. The standard InChI is InChI=1S/C21H18N8O2/c1-28-20(30)16(26-21(28)31)8-13-11-23-29-18(25-15-6-7-15)9-17(27-19(13)29)24-14-4-2-12(10-22)3-5-14/h2-5,8-9,11,15,25H,6-7H2,1H3,(H,24,27)(H,26,31). The summed E-state index contributed by atoms with van der Waals surface area (Å²) in [6.07, 6.45) is 5.36. The molecule has 154 valence electrons. The van der Waals surface area contributed by atoms with Gasteiger partial charge < -0.3 is 16.0 Å². The van der Waals surface area contributed by atoms with E-state index in [0.717, 1.165) is 29.2 Å². The zero-order valence-corrected chi connectivity index (χ0v) is 16.6. The SMILES string of the molecule is CN1C(=O)NC(=Cc2cnn3c(NC4CC4)cc(Nc4ccc(C#N)cc4)nc23)C1=O. The number of fused-ring (bicyclic) bond motifs is 1. The Morgan fingerprint density at radius 1 is 1.26 bits per heavy atom. The van der Waals surface area contributed by atoms with Gasteiger partial charge in [0.2, 0.25) is 0 Å². The van der Waals surface area contributed by atoms with Crippen LogP contribution in [0, 0.1) is 11.3 Å². The molecule has 1 aromatic carbocycles. The Hall–Kier alpha value is -4.39. The summed E-state index contributed by atoms with van der Waals surface area (Å²) in [5.74, 6) is 0.944. The second-order valence-electron chi connectivity index (χ2n) is 7.45. The Morgan fingerprint density at radius 3 is 2.68 bits per heavy atom. The van der Waals surface area contributed by atoms with Gasteiger partial charge in [0.05, 0.1) is 17.8 Å². The van der Waals surface area contributed by atoms with Gasteiger partial charge in [0.25, 0.3) is 5.91 Å². The lowest BCUT2D eigenvalue weighted by atomic mass is 10.2. The fraction of sp³-hybridized carbons (Fsp3) is 0.190. The van der Waals surface area contributed by atoms with Gasteiger partial charge in [-0.3, -0.25) is 9.69 Å². The molecule has 2 aromatic heterocycles. The molecule has 0 unspecified atom stereocenters. The van der Waals surface area contributed by atoms with Crippen molar-refractivity contribution in [3.05, 3.63) is 53.4 Å². The highest BCUT2D eigenvalue weighted by atomic mass is 16.2. The molecule has 3 N–H and O–H groups in total. The fourth-order valence-corrected chi connectivity index (χ4v) is 3.24. The van der Waals surface area contributed by atoms with Crippen LogP contribution in [0.4, 0.5) is 22.1 Å². The van der Waals surface area contributed by atoms with Crippen LogP contribution in [-0.4, -0.2) is 44.5 Å². The van der Waals surface area contributed by atoms with Crippen molar-refractivity contribution in [2.45, 2.75) is 18.9 Å². The average Bonchev–Trinajstić information content (AvgIpc) is 3.45. The summed E-state index contributed by atoms with van der Waals surface area (Å²) in [4.78, 5) is 29.7. The third-order valence-electron chi connectivity index (χ3n) is 5.10. The Morgan fingerprint density at radius 2 is 2.03 bits per heavy atom. The van der Waals surface area contributed by atoms with Crippen molar-refractivity contribution in [3.63, 3.8) is 0 Å². The molecule has 0 radical (unpaired) electrons. The van der Waals surface area contributed by atoms with E-state index in [1.807, 2.05) is 6.07 Å². The molecule has 0 bridgehead atoms. The summed E-state index contributed by atoms with van der Waals surface area (Å²) in [6, 6.07) is 10.9. The number of nitrogens with one attached hydrogen (secondary N) is 3. The highest BCUT2D eigenvalue weighted by molar-refractivity contribution is 6.14. The minimum Gasteiger partial charge on any atom is -0.367 e. The number of nitrogens with zero attached hydrogens (tertiary/aromatic N) is 5. The van der Waals surface area contributed by atoms with Crippen molar-refractivity contribution in [1.82, 2.24) is 24.8 Å². The summed E-state index contributed by atoms with van der Waals surface area (Å²) in [5, 5.41) is 22.6. The largest absolute Gasteiger partial charge is 0.367 e. The number of nitriles is 1. The van der Waals surface area contributed by atoms with E-state index in [9.17, 15) is 9.59 Å². The predicted molar refractivity (Wildman–Crippen MR) is 113 cm³/mol. The number of carbonyl (C=O) groups is 2. The molecule has 0 spiro atoms. The number of imide groups is 1. The van der Waals surface area contributed by atoms with Crippen LogP contribution in [0.1, 0.15) is 24.0 Å². The first-order chi connectivity index (χ1) is 15.0. The van der Waals surface area contributed by atoms with Crippen LogP contribution in [-0.2, 0) is 4.79 Å². The zero-order valence-electron chi connectivity index (χ0n) is 16.6. The molecule has 1 saturated heterocycles. The van der Waals surface area contributed by atoms with Crippen molar-refractivity contribution in [3.8, 4) is 6.07 Å². The molecule has 3 heterocycles. The van der Waals surface area contributed by atoms with Crippen LogP contribution in [0.3, 0.4) is 0 Å². The van der Waals surface area contributed by atoms with Gasteiger partial charge in [0, 0.05) is 30.4 Å². The third-order valence-corrected chi connectivity index (χ3v) is 5.10. The zero-order chi connectivity index (χ0) is 21.5. The molecule has 31 heavy (non-hydrogen) atoms. The topological polar surface area (TPSA) is 127 Å². The summed E-state index contributed by atoms with van der Waals surface area (Å²) < 4.78 is 1.68. The summed E-state index contributed by atoms with van der Waals surface area (Å²) in [5.41, 5.74) is 2.66. The Bertz CT molecular complexity index is 1280. The lowest BCUT2D eigenvalue weighted by Gasteiger charge is -2.11. The highest BCUT2D eigenvalue weighted by Crippen LogP contribution is 2.28. The van der Waals surface area contributed by atoms with Crippen LogP contribution in [0.5, 0.6) is 0 Å². The minimum atomic E-state index is -0.472. The quantitative estimate of drug-likeness (QED) is 0.432. The van der Waals surface area contributed by atoms with Gasteiger partial charge in [-0.1, -0.05) is 0 Å². The Labute approximate surface area is 177 Å². The van der Waals surface area contributed by atoms with E-state index in [0.29, 0.717) is 28.6 Å². The number of rotatable bonds is 5. The van der Waals surface area contributed by atoms with Gasteiger partial charge in [-0.25, -0.2) is 9.78 Å². The normalized spacial score (nSPS) is 17.2. The van der Waals surface area contributed by atoms with Crippen molar-refractivity contribution >= 4 is 41.0 Å². The van der Waals surface area contributed by atoms with Crippen LogP contribution in [0.15, 0.2) is 42.2 Å². The van der Waals surface area contributed by atoms with Gasteiger partial charge >= 0.3 is 6.03 Å². The van der Waals surface area contributed by atoms with Crippen LogP contribution in [0.25, 0.3) is 11.7 Å². The second kappa shape index (κ2) is 7.14. The molecule has 1 aliphatic carbocycles. The van der Waals surface area contributed by atoms with Gasteiger partial charge in [0.1, 0.15) is 17.3 Å². The van der Waals surface area contributed by atoms with Crippen LogP contribution < -0.4 is 16.0 Å². The summed E-state index contributed by atoms with van der Waals surface area (Å²) >= 11 is 0. The van der Waals surface area contributed by atoms with Crippen LogP contribution >= 0.6 is 0 Å². The van der Waals surface area contributed by atoms with Crippen LogP contribution in [0.2, 0.25) is 0 Å².